The highest BCUT2D eigenvalue weighted by molar-refractivity contribution is 5.80. The van der Waals surface area contributed by atoms with Crippen LogP contribution in [-0.2, 0) is 6.54 Å². The van der Waals surface area contributed by atoms with Gasteiger partial charge in [-0.15, -0.1) is 0 Å². The highest BCUT2D eigenvalue weighted by Gasteiger charge is 2.08. The van der Waals surface area contributed by atoms with Gasteiger partial charge in [-0.2, -0.15) is 5.10 Å². The quantitative estimate of drug-likeness (QED) is 0.637. The third-order valence-corrected chi connectivity index (χ3v) is 3.81. The van der Waals surface area contributed by atoms with Gasteiger partial charge in [0.05, 0.1) is 12.2 Å². The van der Waals surface area contributed by atoms with E-state index in [4.69, 9.17) is 4.99 Å². The van der Waals surface area contributed by atoms with E-state index in [1.54, 1.807) is 6.20 Å². The number of benzene rings is 1. The van der Waals surface area contributed by atoms with Gasteiger partial charge in [-0.1, -0.05) is 26.0 Å². The third kappa shape index (κ3) is 5.13. The van der Waals surface area contributed by atoms with Crippen molar-refractivity contribution in [3.05, 3.63) is 48.3 Å². The Morgan fingerprint density at radius 1 is 1.26 bits per heavy atom. The van der Waals surface area contributed by atoms with Gasteiger partial charge in [-0.3, -0.25) is 0 Å². The molecule has 23 heavy (non-hydrogen) atoms. The summed E-state index contributed by atoms with van der Waals surface area (Å²) in [7, 11) is 0. The second kappa shape index (κ2) is 8.36. The predicted octanol–water partition coefficient (Wildman–Crippen LogP) is 2.97. The maximum atomic E-state index is 4.69. The van der Waals surface area contributed by atoms with Crippen LogP contribution in [0.25, 0.3) is 5.69 Å². The molecule has 1 atom stereocenters. The van der Waals surface area contributed by atoms with Gasteiger partial charge in [0.2, 0.25) is 0 Å². The van der Waals surface area contributed by atoms with Crippen molar-refractivity contribution in [1.29, 1.82) is 0 Å². The molecule has 0 saturated heterocycles. The number of aromatic nitrogens is 2. The topological polar surface area (TPSA) is 54.2 Å². The molecule has 0 radical (unpaired) electrons. The number of hydrogen-bond donors (Lipinski definition) is 2. The van der Waals surface area contributed by atoms with Crippen LogP contribution >= 0.6 is 0 Å². The molecular weight excluding hydrogens is 286 g/mol. The first-order valence-electron chi connectivity index (χ1n) is 8.24. The zero-order valence-electron chi connectivity index (χ0n) is 14.5. The molecule has 2 N–H and O–H groups in total. The van der Waals surface area contributed by atoms with Crippen molar-refractivity contribution in [3.8, 4) is 5.69 Å². The first-order valence-corrected chi connectivity index (χ1v) is 8.24. The Balaban J connectivity index is 2.08. The Hall–Kier alpha value is -2.30. The molecule has 1 aromatic carbocycles. The number of guanidine groups is 1. The Kier molecular flexibility index (Phi) is 6.20. The molecule has 2 aromatic rings. The maximum Gasteiger partial charge on any atom is 0.191 e. The van der Waals surface area contributed by atoms with E-state index < -0.39 is 0 Å². The molecule has 0 aliphatic rings. The van der Waals surface area contributed by atoms with Crippen LogP contribution in [0.3, 0.4) is 0 Å². The first-order chi connectivity index (χ1) is 11.1. The molecule has 0 fully saturated rings. The van der Waals surface area contributed by atoms with Crippen molar-refractivity contribution in [1.82, 2.24) is 20.4 Å². The summed E-state index contributed by atoms with van der Waals surface area (Å²) < 4.78 is 1.86. The summed E-state index contributed by atoms with van der Waals surface area (Å²) in [6.07, 6.45) is 3.73. The number of nitrogens with zero attached hydrogens (tertiary/aromatic N) is 3. The third-order valence-electron chi connectivity index (χ3n) is 3.81. The summed E-state index contributed by atoms with van der Waals surface area (Å²) in [6.45, 7) is 10.1. The fourth-order valence-corrected chi connectivity index (χ4v) is 2.09. The molecule has 1 heterocycles. The van der Waals surface area contributed by atoms with Gasteiger partial charge in [0.25, 0.3) is 0 Å². The summed E-state index contributed by atoms with van der Waals surface area (Å²) in [5.74, 6) is 1.42. The molecule has 0 bridgehead atoms. The van der Waals surface area contributed by atoms with E-state index in [0.29, 0.717) is 18.5 Å². The van der Waals surface area contributed by atoms with E-state index in [1.807, 2.05) is 29.1 Å². The minimum Gasteiger partial charge on any atom is -0.357 e. The van der Waals surface area contributed by atoms with Gasteiger partial charge >= 0.3 is 0 Å². The fraction of sp³-hybridized carbons (Fsp3) is 0.444. The zero-order chi connectivity index (χ0) is 16.7. The van der Waals surface area contributed by atoms with E-state index in [-0.39, 0.29) is 0 Å². The Bertz CT molecular complexity index is 616. The molecular formula is C18H27N5. The molecule has 1 unspecified atom stereocenters. The van der Waals surface area contributed by atoms with Gasteiger partial charge in [0.1, 0.15) is 0 Å². The van der Waals surface area contributed by atoms with Crippen molar-refractivity contribution >= 4 is 5.96 Å². The summed E-state index contributed by atoms with van der Waals surface area (Å²) >= 11 is 0. The van der Waals surface area contributed by atoms with Crippen LogP contribution in [0.1, 0.15) is 33.3 Å². The Morgan fingerprint density at radius 2 is 2.09 bits per heavy atom. The molecule has 0 amide bonds. The molecule has 2 rings (SSSR count). The molecule has 1 aromatic heterocycles. The van der Waals surface area contributed by atoms with Gasteiger partial charge < -0.3 is 10.6 Å². The van der Waals surface area contributed by atoms with E-state index in [1.165, 1.54) is 0 Å². The van der Waals surface area contributed by atoms with Crippen molar-refractivity contribution in [3.63, 3.8) is 0 Å². The zero-order valence-corrected chi connectivity index (χ0v) is 14.5. The highest BCUT2D eigenvalue weighted by atomic mass is 15.3. The molecule has 5 nitrogen and oxygen atoms in total. The maximum absolute atomic E-state index is 4.69. The largest absolute Gasteiger partial charge is 0.357 e. The van der Waals surface area contributed by atoms with E-state index >= 15 is 0 Å². The number of aliphatic imine (C=N–C) groups is 1. The lowest BCUT2D eigenvalue weighted by Crippen LogP contribution is -2.44. The average molecular weight is 313 g/mol. The molecule has 0 aliphatic carbocycles. The van der Waals surface area contributed by atoms with Crippen molar-refractivity contribution in [2.24, 2.45) is 10.9 Å². The Labute approximate surface area is 138 Å². The highest BCUT2D eigenvalue weighted by Crippen LogP contribution is 2.10. The molecule has 5 heteroatoms. The van der Waals surface area contributed by atoms with Gasteiger partial charge in [0.15, 0.2) is 5.96 Å². The lowest BCUT2D eigenvalue weighted by atomic mass is 10.1. The van der Waals surface area contributed by atoms with Crippen LogP contribution < -0.4 is 10.6 Å². The summed E-state index contributed by atoms with van der Waals surface area (Å²) in [6, 6.07) is 10.6. The standard InChI is InChI=1S/C18H27N5/c1-5-19-18(22-15(4)14(2)3)20-13-16-8-6-9-17(12-16)23-11-7-10-21-23/h6-12,14-15H,5,13H2,1-4H3,(H2,19,20,22). The number of hydrogen-bond acceptors (Lipinski definition) is 2. The van der Waals surface area contributed by atoms with Crippen LogP contribution in [0.4, 0.5) is 0 Å². The summed E-state index contributed by atoms with van der Waals surface area (Å²) in [5, 5.41) is 11.0. The van der Waals surface area contributed by atoms with Crippen molar-refractivity contribution in [2.75, 3.05) is 6.54 Å². The van der Waals surface area contributed by atoms with Crippen LogP contribution in [-0.4, -0.2) is 28.3 Å². The van der Waals surface area contributed by atoms with E-state index in [0.717, 1.165) is 23.8 Å². The monoisotopic (exact) mass is 313 g/mol. The first kappa shape index (κ1) is 17.1. The van der Waals surface area contributed by atoms with E-state index in [2.05, 4.69) is 55.6 Å². The van der Waals surface area contributed by atoms with Gasteiger partial charge in [-0.25, -0.2) is 9.67 Å². The molecule has 124 valence electrons. The lowest BCUT2D eigenvalue weighted by Gasteiger charge is -2.20. The van der Waals surface area contributed by atoms with Crippen LogP contribution in [0.15, 0.2) is 47.7 Å². The van der Waals surface area contributed by atoms with Crippen LogP contribution in [0.5, 0.6) is 0 Å². The van der Waals surface area contributed by atoms with Crippen molar-refractivity contribution in [2.45, 2.75) is 40.3 Å². The Morgan fingerprint density at radius 3 is 2.74 bits per heavy atom. The summed E-state index contributed by atoms with van der Waals surface area (Å²) in [4.78, 5) is 4.69. The normalized spacial score (nSPS) is 13.2. The van der Waals surface area contributed by atoms with Crippen molar-refractivity contribution < 1.29 is 0 Å². The lowest BCUT2D eigenvalue weighted by molar-refractivity contribution is 0.481. The SMILES string of the molecule is CCNC(=NCc1cccc(-n2cccn2)c1)NC(C)C(C)C. The van der Waals surface area contributed by atoms with Crippen LogP contribution in [0.2, 0.25) is 0 Å². The second-order valence-electron chi connectivity index (χ2n) is 5.99. The predicted molar refractivity (Wildman–Crippen MR) is 95.8 cm³/mol. The minimum absolute atomic E-state index is 0.378. The number of nitrogens with one attached hydrogen (secondary N) is 2. The summed E-state index contributed by atoms with van der Waals surface area (Å²) in [5.41, 5.74) is 2.21. The van der Waals surface area contributed by atoms with Gasteiger partial charge in [0, 0.05) is 25.0 Å². The minimum atomic E-state index is 0.378. The average Bonchev–Trinajstić information content (AvgIpc) is 3.07. The smallest absolute Gasteiger partial charge is 0.191 e. The fourth-order valence-electron chi connectivity index (χ4n) is 2.09. The van der Waals surface area contributed by atoms with E-state index in [9.17, 15) is 0 Å². The molecule has 0 spiro atoms. The second-order valence-corrected chi connectivity index (χ2v) is 5.99. The molecule has 0 aliphatic heterocycles. The number of rotatable bonds is 6. The van der Waals surface area contributed by atoms with Crippen LogP contribution in [0, 0.1) is 5.92 Å². The van der Waals surface area contributed by atoms with Gasteiger partial charge in [-0.05, 0) is 43.5 Å². The molecule has 0 saturated carbocycles.